The van der Waals surface area contributed by atoms with Crippen LogP contribution in [0.5, 0.6) is 0 Å². The number of phosphoric acid groups is 1. The van der Waals surface area contributed by atoms with Gasteiger partial charge in [0.05, 0.1) is 18.9 Å². The van der Waals surface area contributed by atoms with Crippen molar-refractivity contribution in [2.75, 3.05) is 6.79 Å². The number of pyridine rings is 1. The number of phosphoric ester groups is 1. The summed E-state index contributed by atoms with van der Waals surface area (Å²) in [4.78, 5) is 18.5. The zero-order chi connectivity index (χ0) is 24.5. The molecule has 0 radical (unpaired) electrons. The van der Waals surface area contributed by atoms with E-state index >= 15 is 0 Å². The molecule has 0 atom stereocenters. The van der Waals surface area contributed by atoms with Crippen LogP contribution in [0.15, 0.2) is 77.6 Å². The van der Waals surface area contributed by atoms with Gasteiger partial charge in [0.15, 0.2) is 0 Å². The fraction of sp³-hybridized carbons (Fsp3) is 0.370. The van der Waals surface area contributed by atoms with Crippen LogP contribution in [0, 0.1) is 6.92 Å². The molecule has 0 aliphatic heterocycles. The highest BCUT2D eigenvalue weighted by Crippen LogP contribution is 2.50. The third-order valence-corrected chi connectivity index (χ3v) is 7.35. The largest absolute Gasteiger partial charge is 0.478 e. The Hall–Kier alpha value is -2.70. The molecule has 0 spiro atoms. The van der Waals surface area contributed by atoms with Crippen molar-refractivity contribution < 1.29 is 23.0 Å². The van der Waals surface area contributed by atoms with Gasteiger partial charge in [-0.05, 0) is 42.5 Å². The van der Waals surface area contributed by atoms with E-state index in [0.717, 1.165) is 48.1 Å². The zero-order valence-electron chi connectivity index (χ0n) is 20.0. The molecule has 1 aliphatic rings. The van der Waals surface area contributed by atoms with Gasteiger partial charge in [-0.15, -0.1) is 4.73 Å². The van der Waals surface area contributed by atoms with Crippen LogP contribution in [0.4, 0.5) is 0 Å². The van der Waals surface area contributed by atoms with Crippen LogP contribution in [0.2, 0.25) is 0 Å². The van der Waals surface area contributed by atoms with E-state index in [2.05, 4.69) is 0 Å². The average Bonchev–Trinajstić information content (AvgIpc) is 2.89. The second kappa shape index (κ2) is 12.3. The van der Waals surface area contributed by atoms with Gasteiger partial charge < -0.3 is 4.84 Å². The minimum Gasteiger partial charge on any atom is -0.381 e. The van der Waals surface area contributed by atoms with E-state index in [1.807, 2.05) is 73.7 Å². The van der Waals surface area contributed by atoms with Crippen molar-refractivity contribution in [1.82, 2.24) is 4.73 Å². The molecule has 186 valence electrons. The molecule has 35 heavy (non-hydrogen) atoms. The van der Waals surface area contributed by atoms with Crippen molar-refractivity contribution in [1.29, 1.82) is 0 Å². The van der Waals surface area contributed by atoms with Crippen molar-refractivity contribution in [2.45, 2.75) is 58.2 Å². The third kappa shape index (κ3) is 7.39. The number of rotatable bonds is 11. The van der Waals surface area contributed by atoms with Crippen molar-refractivity contribution in [3.8, 4) is 0 Å². The van der Waals surface area contributed by atoms with Crippen LogP contribution >= 0.6 is 7.82 Å². The Kier molecular flexibility index (Phi) is 8.94. The maximum Gasteiger partial charge on any atom is 0.478 e. The number of benzene rings is 2. The van der Waals surface area contributed by atoms with Crippen molar-refractivity contribution >= 4 is 7.82 Å². The fourth-order valence-corrected chi connectivity index (χ4v) is 5.26. The summed E-state index contributed by atoms with van der Waals surface area (Å²) in [7, 11) is -4.00. The first-order valence-corrected chi connectivity index (χ1v) is 13.5. The molecule has 1 aromatic heterocycles. The van der Waals surface area contributed by atoms with Crippen LogP contribution in [0.25, 0.3) is 0 Å². The predicted molar refractivity (Wildman–Crippen MR) is 134 cm³/mol. The van der Waals surface area contributed by atoms with Crippen LogP contribution in [-0.4, -0.2) is 11.5 Å². The standard InChI is InChI=1S/C27H32NO6P/c1-22-17-26(25-15-9-4-10-16-25)28(27(29)18-22)31-21-34-35(30,32-19-23-11-5-2-6-12-23)33-20-24-13-7-3-8-14-24/h2-3,5-8,11-14,17-18,25H,4,9-10,15-16,19-21H2,1H3. The number of nitrogens with zero attached hydrogens (tertiary/aromatic N) is 1. The summed E-state index contributed by atoms with van der Waals surface area (Å²) < 4.78 is 31.5. The lowest BCUT2D eigenvalue weighted by Gasteiger charge is -2.25. The monoisotopic (exact) mass is 497 g/mol. The highest BCUT2D eigenvalue weighted by atomic mass is 31.2. The van der Waals surface area contributed by atoms with Gasteiger partial charge in [-0.25, -0.2) is 9.09 Å². The normalized spacial score (nSPS) is 14.7. The smallest absolute Gasteiger partial charge is 0.381 e. The van der Waals surface area contributed by atoms with E-state index in [0.29, 0.717) is 0 Å². The summed E-state index contributed by atoms with van der Waals surface area (Å²) in [5, 5.41) is 0. The van der Waals surface area contributed by atoms with E-state index in [4.69, 9.17) is 18.4 Å². The molecular formula is C27H32NO6P. The molecule has 2 aromatic carbocycles. The molecular weight excluding hydrogens is 465 g/mol. The molecule has 0 bridgehead atoms. The first kappa shape index (κ1) is 25.4. The molecule has 0 amide bonds. The molecule has 1 aliphatic carbocycles. The lowest BCUT2D eigenvalue weighted by Crippen LogP contribution is -2.32. The molecule has 3 aromatic rings. The molecule has 8 heteroatoms. The Morgan fingerprint density at radius 1 is 0.829 bits per heavy atom. The zero-order valence-corrected chi connectivity index (χ0v) is 20.9. The third-order valence-electron chi connectivity index (χ3n) is 6.04. The number of aryl methyl sites for hydroxylation is 1. The minimum absolute atomic E-state index is 0.0463. The van der Waals surface area contributed by atoms with Crippen LogP contribution in [-0.2, 0) is 31.4 Å². The Bertz CT molecular complexity index is 1130. The molecule has 0 saturated heterocycles. The summed E-state index contributed by atoms with van der Waals surface area (Å²) in [6.45, 7) is 1.54. The number of hydrogen-bond acceptors (Lipinski definition) is 6. The van der Waals surface area contributed by atoms with Gasteiger partial charge in [0.25, 0.3) is 5.56 Å². The van der Waals surface area contributed by atoms with E-state index in [1.54, 1.807) is 0 Å². The Morgan fingerprint density at radius 2 is 1.40 bits per heavy atom. The Labute approximate surface area is 206 Å². The van der Waals surface area contributed by atoms with Gasteiger partial charge in [-0.3, -0.25) is 13.8 Å². The summed E-state index contributed by atoms with van der Waals surface area (Å²) in [6, 6.07) is 22.2. The molecule has 7 nitrogen and oxygen atoms in total. The van der Waals surface area contributed by atoms with E-state index in [1.165, 1.54) is 17.2 Å². The lowest BCUT2D eigenvalue weighted by molar-refractivity contribution is -0.0324. The molecule has 1 saturated carbocycles. The summed E-state index contributed by atoms with van der Waals surface area (Å²) >= 11 is 0. The van der Waals surface area contributed by atoms with Crippen molar-refractivity contribution in [2.24, 2.45) is 0 Å². The van der Waals surface area contributed by atoms with E-state index in [-0.39, 0.29) is 24.7 Å². The lowest BCUT2D eigenvalue weighted by atomic mass is 9.86. The van der Waals surface area contributed by atoms with E-state index < -0.39 is 14.6 Å². The van der Waals surface area contributed by atoms with E-state index in [9.17, 15) is 9.36 Å². The highest BCUT2D eigenvalue weighted by Gasteiger charge is 2.28. The van der Waals surface area contributed by atoms with Gasteiger partial charge >= 0.3 is 7.82 Å². The van der Waals surface area contributed by atoms with Crippen molar-refractivity contribution in [3.63, 3.8) is 0 Å². The SMILES string of the molecule is Cc1cc(C2CCCCC2)n(OCOP(=O)(OCc2ccccc2)OCc2ccccc2)c(=O)c1. The number of hydrogen-bond donors (Lipinski definition) is 0. The minimum atomic E-state index is -4.00. The Balaban J connectivity index is 1.46. The van der Waals surface area contributed by atoms with Crippen molar-refractivity contribution in [3.05, 3.63) is 106 Å². The highest BCUT2D eigenvalue weighted by molar-refractivity contribution is 7.48. The first-order chi connectivity index (χ1) is 17.0. The molecule has 0 unspecified atom stereocenters. The van der Waals surface area contributed by atoms with Gasteiger partial charge in [0, 0.05) is 12.0 Å². The molecule has 4 rings (SSSR count). The Morgan fingerprint density at radius 3 is 1.97 bits per heavy atom. The topological polar surface area (TPSA) is 76.0 Å². The molecule has 1 fully saturated rings. The predicted octanol–water partition coefficient (Wildman–Crippen LogP) is 6.15. The molecule has 1 heterocycles. The second-order valence-electron chi connectivity index (χ2n) is 8.77. The van der Waals surface area contributed by atoms with Gasteiger partial charge in [0.1, 0.15) is 0 Å². The van der Waals surface area contributed by atoms with Crippen LogP contribution < -0.4 is 10.4 Å². The first-order valence-electron chi connectivity index (χ1n) is 12.0. The summed E-state index contributed by atoms with van der Waals surface area (Å²) in [5.74, 6) is 0.242. The van der Waals surface area contributed by atoms with Gasteiger partial charge in [0.2, 0.25) is 6.79 Å². The van der Waals surface area contributed by atoms with Gasteiger partial charge in [-0.1, -0.05) is 79.9 Å². The maximum atomic E-state index is 13.4. The summed E-state index contributed by atoms with van der Waals surface area (Å²) in [6.07, 6.45) is 5.47. The second-order valence-corrected chi connectivity index (χ2v) is 10.4. The fourth-order valence-electron chi connectivity index (χ4n) is 4.24. The average molecular weight is 498 g/mol. The molecule has 0 N–H and O–H groups in total. The maximum absolute atomic E-state index is 13.4. The van der Waals surface area contributed by atoms with Crippen LogP contribution in [0.3, 0.4) is 0 Å². The summed E-state index contributed by atoms with van der Waals surface area (Å²) in [5.41, 5.74) is 3.09. The quantitative estimate of drug-likeness (QED) is 0.234. The number of aromatic nitrogens is 1. The van der Waals surface area contributed by atoms with Gasteiger partial charge in [-0.2, -0.15) is 0 Å². The van der Waals surface area contributed by atoms with Crippen LogP contribution in [0.1, 0.15) is 60.4 Å².